The van der Waals surface area contributed by atoms with Crippen molar-refractivity contribution in [1.82, 2.24) is 4.90 Å². The summed E-state index contributed by atoms with van der Waals surface area (Å²) >= 11 is 0. The lowest BCUT2D eigenvalue weighted by Gasteiger charge is -2.32. The van der Waals surface area contributed by atoms with Crippen LogP contribution in [0, 0.1) is 0 Å². The Labute approximate surface area is 194 Å². The fraction of sp³-hybridized carbons (Fsp3) is 0.308. The zero-order valence-electron chi connectivity index (χ0n) is 19.5. The second-order valence-corrected chi connectivity index (χ2v) is 7.81. The summed E-state index contributed by atoms with van der Waals surface area (Å²) < 4.78 is 21.6. The molecule has 0 spiro atoms. The van der Waals surface area contributed by atoms with E-state index in [2.05, 4.69) is 0 Å². The van der Waals surface area contributed by atoms with E-state index < -0.39 is 17.9 Å². The Kier molecular flexibility index (Phi) is 7.77. The second-order valence-electron chi connectivity index (χ2n) is 7.81. The van der Waals surface area contributed by atoms with E-state index >= 15 is 0 Å². The third-order valence-corrected chi connectivity index (χ3v) is 5.39. The van der Waals surface area contributed by atoms with Gasteiger partial charge in [-0.05, 0) is 37.1 Å². The van der Waals surface area contributed by atoms with Crippen molar-refractivity contribution in [2.24, 2.45) is 0 Å². The average Bonchev–Trinajstić information content (AvgIpc) is 2.85. The quantitative estimate of drug-likeness (QED) is 0.557. The second kappa shape index (κ2) is 10.7. The number of carbonyl (C=O) groups excluding carboxylic acids is 2. The van der Waals surface area contributed by atoms with Gasteiger partial charge in [-0.2, -0.15) is 0 Å². The van der Waals surface area contributed by atoms with Crippen LogP contribution in [0.5, 0.6) is 11.5 Å². The van der Waals surface area contributed by atoms with E-state index in [1.165, 1.54) is 14.2 Å². The molecule has 0 saturated heterocycles. The summed E-state index contributed by atoms with van der Waals surface area (Å²) in [5.41, 5.74) is 2.33. The summed E-state index contributed by atoms with van der Waals surface area (Å²) in [6, 6.07) is 15.1. The molecule has 0 aliphatic carbocycles. The minimum absolute atomic E-state index is 0.0193. The zero-order chi connectivity index (χ0) is 24.0. The number of rotatable bonds is 8. The van der Waals surface area contributed by atoms with Gasteiger partial charge < -0.3 is 23.8 Å². The largest absolute Gasteiger partial charge is 0.493 e. The van der Waals surface area contributed by atoms with Gasteiger partial charge in [0.1, 0.15) is 6.61 Å². The number of ether oxygens (including phenoxy) is 4. The molecule has 1 aliphatic rings. The first-order valence-electron chi connectivity index (χ1n) is 10.6. The van der Waals surface area contributed by atoms with E-state index in [0.29, 0.717) is 34.8 Å². The minimum Gasteiger partial charge on any atom is -0.493 e. The third-order valence-electron chi connectivity index (χ3n) is 5.39. The smallest absolute Gasteiger partial charge is 0.336 e. The molecule has 0 bridgehead atoms. The highest BCUT2D eigenvalue weighted by atomic mass is 16.5. The number of hydrogen-bond acceptors (Lipinski definition) is 7. The third kappa shape index (κ3) is 5.37. The maximum atomic E-state index is 12.7. The normalized spacial score (nSPS) is 13.8. The van der Waals surface area contributed by atoms with Crippen molar-refractivity contribution >= 4 is 11.9 Å². The highest BCUT2D eigenvalue weighted by Gasteiger charge is 2.36. The van der Waals surface area contributed by atoms with Crippen LogP contribution in [-0.4, -0.2) is 44.2 Å². The molecule has 2 aromatic rings. The van der Waals surface area contributed by atoms with Gasteiger partial charge in [0.15, 0.2) is 11.5 Å². The fourth-order valence-electron chi connectivity index (χ4n) is 3.63. The average molecular weight is 452 g/mol. The molecule has 0 fully saturated rings. The van der Waals surface area contributed by atoms with Crippen LogP contribution in [-0.2, 0) is 25.7 Å². The molecule has 0 atom stereocenters. The van der Waals surface area contributed by atoms with Gasteiger partial charge >= 0.3 is 11.9 Å². The van der Waals surface area contributed by atoms with Crippen LogP contribution in [0.4, 0.5) is 0 Å². The number of hydrogen-bond donors (Lipinski definition) is 0. The molecule has 2 aromatic carbocycles. The van der Waals surface area contributed by atoms with Gasteiger partial charge in [0.2, 0.25) is 0 Å². The minimum atomic E-state index is -0.690. The Hall–Kier alpha value is -3.74. The zero-order valence-corrected chi connectivity index (χ0v) is 19.5. The standard InChI is InChI=1S/C26H29NO6/c1-17(2)27-14-20(25(28)31-4)24(21(15-27)26(29)32-5)19-11-12-22(30-3)23(13-19)33-16-18-9-7-6-8-10-18/h6-15,17,24H,16H2,1-5H3. The molecule has 1 aliphatic heterocycles. The number of esters is 2. The predicted octanol–water partition coefficient (Wildman–Crippen LogP) is 4.20. The Bertz CT molecular complexity index is 1020. The molecule has 7 heteroatoms. The van der Waals surface area contributed by atoms with Crippen molar-refractivity contribution in [2.75, 3.05) is 21.3 Å². The van der Waals surface area contributed by atoms with E-state index in [-0.39, 0.29) is 6.04 Å². The highest BCUT2D eigenvalue weighted by molar-refractivity contribution is 5.98. The summed E-state index contributed by atoms with van der Waals surface area (Å²) in [5.74, 6) is -0.699. The molecule has 0 aromatic heterocycles. The Morgan fingerprint density at radius 1 is 0.879 bits per heavy atom. The molecule has 0 N–H and O–H groups in total. The van der Waals surface area contributed by atoms with Gasteiger partial charge in [0.05, 0.1) is 38.4 Å². The first-order valence-corrected chi connectivity index (χ1v) is 10.6. The van der Waals surface area contributed by atoms with Crippen LogP contribution in [0.1, 0.15) is 30.9 Å². The molecular weight excluding hydrogens is 422 g/mol. The number of benzene rings is 2. The molecule has 33 heavy (non-hydrogen) atoms. The van der Waals surface area contributed by atoms with Gasteiger partial charge in [0.25, 0.3) is 0 Å². The summed E-state index contributed by atoms with van der Waals surface area (Å²) in [6.07, 6.45) is 3.42. The first-order chi connectivity index (χ1) is 15.9. The molecule has 3 rings (SSSR count). The van der Waals surface area contributed by atoms with Crippen molar-refractivity contribution in [2.45, 2.75) is 32.4 Å². The number of nitrogens with zero attached hydrogens (tertiary/aromatic N) is 1. The van der Waals surface area contributed by atoms with Crippen LogP contribution in [0.3, 0.4) is 0 Å². The number of carbonyl (C=O) groups is 2. The monoisotopic (exact) mass is 451 g/mol. The van der Waals surface area contributed by atoms with Crippen LogP contribution in [0.25, 0.3) is 0 Å². The fourth-order valence-corrected chi connectivity index (χ4v) is 3.63. The lowest BCUT2D eigenvalue weighted by Crippen LogP contribution is -2.31. The van der Waals surface area contributed by atoms with Crippen molar-refractivity contribution in [1.29, 1.82) is 0 Å². The lowest BCUT2D eigenvalue weighted by atomic mass is 9.83. The van der Waals surface area contributed by atoms with Gasteiger partial charge in [-0.25, -0.2) is 9.59 Å². The molecule has 0 amide bonds. The predicted molar refractivity (Wildman–Crippen MR) is 124 cm³/mol. The molecule has 174 valence electrons. The van der Waals surface area contributed by atoms with Gasteiger partial charge in [-0.15, -0.1) is 0 Å². The van der Waals surface area contributed by atoms with Gasteiger partial charge in [0, 0.05) is 18.4 Å². The van der Waals surface area contributed by atoms with Crippen molar-refractivity contribution in [3.8, 4) is 11.5 Å². The van der Waals surface area contributed by atoms with Gasteiger partial charge in [-0.1, -0.05) is 36.4 Å². The Balaban J connectivity index is 2.06. The SMILES string of the molecule is COC(=O)C1=CN(C(C)C)C=C(C(=O)OC)C1c1ccc(OC)c(OCc2ccccc2)c1. The van der Waals surface area contributed by atoms with Crippen LogP contribution >= 0.6 is 0 Å². The summed E-state index contributed by atoms with van der Waals surface area (Å²) in [6.45, 7) is 4.26. The van der Waals surface area contributed by atoms with Crippen LogP contribution < -0.4 is 9.47 Å². The first kappa shape index (κ1) is 23.9. The van der Waals surface area contributed by atoms with E-state index in [9.17, 15) is 9.59 Å². The molecule has 0 unspecified atom stereocenters. The van der Waals surface area contributed by atoms with Crippen molar-refractivity contribution < 1.29 is 28.5 Å². The van der Waals surface area contributed by atoms with Crippen LogP contribution in [0.15, 0.2) is 72.1 Å². The maximum absolute atomic E-state index is 12.7. The highest BCUT2D eigenvalue weighted by Crippen LogP contribution is 2.41. The lowest BCUT2D eigenvalue weighted by molar-refractivity contribution is -0.137. The van der Waals surface area contributed by atoms with Crippen LogP contribution in [0.2, 0.25) is 0 Å². The Morgan fingerprint density at radius 2 is 1.48 bits per heavy atom. The van der Waals surface area contributed by atoms with Gasteiger partial charge in [-0.3, -0.25) is 0 Å². The molecule has 0 saturated carbocycles. The molecular formula is C26H29NO6. The van der Waals surface area contributed by atoms with E-state index in [1.54, 1.807) is 42.6 Å². The van der Waals surface area contributed by atoms with Crippen molar-refractivity contribution in [3.05, 3.63) is 83.2 Å². The molecule has 0 radical (unpaired) electrons. The maximum Gasteiger partial charge on any atom is 0.336 e. The summed E-state index contributed by atoms with van der Waals surface area (Å²) in [5, 5.41) is 0. The molecule has 1 heterocycles. The van der Waals surface area contributed by atoms with E-state index in [0.717, 1.165) is 5.56 Å². The van der Waals surface area contributed by atoms with E-state index in [1.807, 2.05) is 44.2 Å². The van der Waals surface area contributed by atoms with Crippen molar-refractivity contribution in [3.63, 3.8) is 0 Å². The summed E-state index contributed by atoms with van der Waals surface area (Å²) in [7, 11) is 4.20. The Morgan fingerprint density at radius 3 is 2.00 bits per heavy atom. The number of methoxy groups -OCH3 is 3. The molecule has 7 nitrogen and oxygen atoms in total. The van der Waals surface area contributed by atoms with E-state index in [4.69, 9.17) is 18.9 Å². The summed E-state index contributed by atoms with van der Waals surface area (Å²) in [4.78, 5) is 27.3. The topological polar surface area (TPSA) is 74.3 Å².